The zero-order valence-electron chi connectivity index (χ0n) is 11.3. The van der Waals surface area contributed by atoms with Crippen molar-refractivity contribution in [3.05, 3.63) is 28.8 Å². The van der Waals surface area contributed by atoms with E-state index in [0.717, 1.165) is 18.8 Å². The van der Waals surface area contributed by atoms with E-state index in [0.29, 0.717) is 0 Å². The van der Waals surface area contributed by atoms with E-state index in [-0.39, 0.29) is 0 Å². The van der Waals surface area contributed by atoms with Gasteiger partial charge in [-0.25, -0.2) is 0 Å². The van der Waals surface area contributed by atoms with Gasteiger partial charge in [0.25, 0.3) is 0 Å². The lowest BCUT2D eigenvalue weighted by atomic mass is 9.93. The lowest BCUT2D eigenvalue weighted by Gasteiger charge is -2.28. The van der Waals surface area contributed by atoms with Crippen LogP contribution in [0.2, 0.25) is 0 Å². The third-order valence-electron chi connectivity index (χ3n) is 4.23. The van der Waals surface area contributed by atoms with Gasteiger partial charge >= 0.3 is 0 Å². The minimum atomic E-state index is 0.929. The van der Waals surface area contributed by atoms with Crippen LogP contribution >= 0.6 is 0 Å². The monoisotopic (exact) mass is 245 g/mol. The molecule has 0 unspecified atom stereocenters. The molecule has 2 N–H and O–H groups in total. The smallest absolute Gasteiger partial charge is 0.0320 e. The van der Waals surface area contributed by atoms with Gasteiger partial charge in [-0.15, -0.1) is 0 Å². The Bertz CT molecular complexity index is 436. The van der Waals surface area contributed by atoms with E-state index < -0.39 is 0 Å². The Hall–Kier alpha value is -1.06. The number of likely N-dealkylation sites (N-methyl/N-ethyl adjacent to an activating group) is 1. The van der Waals surface area contributed by atoms with Gasteiger partial charge in [0, 0.05) is 25.3 Å². The normalized spacial score (nSPS) is 21.2. The van der Waals surface area contributed by atoms with Crippen molar-refractivity contribution >= 4 is 5.69 Å². The highest BCUT2D eigenvalue weighted by molar-refractivity contribution is 5.50. The molecule has 0 aromatic heterocycles. The zero-order valence-corrected chi connectivity index (χ0v) is 11.3. The average molecular weight is 245 g/mol. The average Bonchev–Trinajstić information content (AvgIpc) is 2.80. The highest BCUT2D eigenvalue weighted by atomic mass is 15.1. The Morgan fingerprint density at radius 2 is 1.94 bits per heavy atom. The molecule has 0 amide bonds. The number of nitrogens with zero attached hydrogens (tertiary/aromatic N) is 2. The van der Waals surface area contributed by atoms with Crippen molar-refractivity contribution in [2.45, 2.75) is 32.4 Å². The van der Waals surface area contributed by atoms with Crippen molar-refractivity contribution in [2.75, 3.05) is 32.4 Å². The van der Waals surface area contributed by atoms with Crippen LogP contribution in [0.3, 0.4) is 0 Å². The van der Waals surface area contributed by atoms with Gasteiger partial charge in [-0.05, 0) is 68.2 Å². The summed E-state index contributed by atoms with van der Waals surface area (Å²) in [5.41, 5.74) is 11.5. The molecule has 3 heteroatoms. The molecular weight excluding hydrogens is 222 g/mol. The molecular formula is C15H23N3. The van der Waals surface area contributed by atoms with Gasteiger partial charge in [0.15, 0.2) is 0 Å². The van der Waals surface area contributed by atoms with Crippen LogP contribution in [0.15, 0.2) is 12.1 Å². The van der Waals surface area contributed by atoms with E-state index in [1.807, 2.05) is 0 Å². The van der Waals surface area contributed by atoms with Crippen LogP contribution in [0.1, 0.15) is 29.5 Å². The quantitative estimate of drug-likeness (QED) is 0.807. The molecule has 98 valence electrons. The third kappa shape index (κ3) is 2.38. The highest BCUT2D eigenvalue weighted by Gasteiger charge is 2.19. The predicted octanol–water partition coefficient (Wildman–Crippen LogP) is 1.85. The second-order valence-corrected chi connectivity index (χ2v) is 5.79. The highest BCUT2D eigenvalue weighted by Crippen LogP contribution is 2.26. The van der Waals surface area contributed by atoms with Gasteiger partial charge in [-0.3, -0.25) is 4.90 Å². The Labute approximate surface area is 110 Å². The molecule has 0 spiro atoms. The number of rotatable bonds is 2. The fraction of sp³-hybridized carbons (Fsp3) is 0.600. The first kappa shape index (κ1) is 12.0. The van der Waals surface area contributed by atoms with Crippen LogP contribution in [0.5, 0.6) is 0 Å². The fourth-order valence-corrected chi connectivity index (χ4v) is 3.28. The molecule has 1 aromatic rings. The molecule has 1 saturated heterocycles. The van der Waals surface area contributed by atoms with Crippen molar-refractivity contribution in [1.29, 1.82) is 0 Å². The van der Waals surface area contributed by atoms with Crippen LogP contribution in [-0.4, -0.2) is 36.5 Å². The number of anilines is 1. The van der Waals surface area contributed by atoms with Crippen LogP contribution in [0, 0.1) is 0 Å². The second kappa shape index (κ2) is 4.90. The Balaban J connectivity index is 1.88. The van der Waals surface area contributed by atoms with E-state index in [9.17, 15) is 0 Å². The first-order valence-corrected chi connectivity index (χ1v) is 7.03. The number of likely N-dealkylation sites (tertiary alicyclic amines) is 1. The number of fused-ring (bicyclic) bond motifs is 1. The second-order valence-electron chi connectivity index (χ2n) is 5.79. The van der Waals surface area contributed by atoms with Gasteiger partial charge < -0.3 is 10.6 Å². The van der Waals surface area contributed by atoms with E-state index in [1.54, 1.807) is 5.56 Å². The molecule has 1 aromatic carbocycles. The molecule has 2 aliphatic rings. The first-order chi connectivity index (χ1) is 8.72. The van der Waals surface area contributed by atoms with Crippen LogP contribution in [0.4, 0.5) is 5.69 Å². The maximum Gasteiger partial charge on any atom is 0.0320 e. The SMILES string of the molecule is CN1CCc2c(cc(N)cc2CN2CCCC2)C1. The topological polar surface area (TPSA) is 32.5 Å². The molecule has 18 heavy (non-hydrogen) atoms. The summed E-state index contributed by atoms with van der Waals surface area (Å²) in [5, 5.41) is 0. The fourth-order valence-electron chi connectivity index (χ4n) is 3.28. The molecule has 0 aliphatic carbocycles. The summed E-state index contributed by atoms with van der Waals surface area (Å²) in [6.07, 6.45) is 3.88. The summed E-state index contributed by atoms with van der Waals surface area (Å²) in [4.78, 5) is 4.94. The predicted molar refractivity (Wildman–Crippen MR) is 75.4 cm³/mol. The van der Waals surface area contributed by atoms with E-state index in [2.05, 4.69) is 29.0 Å². The molecule has 2 heterocycles. The summed E-state index contributed by atoms with van der Waals surface area (Å²) < 4.78 is 0. The molecule has 0 saturated carbocycles. The third-order valence-corrected chi connectivity index (χ3v) is 4.23. The molecule has 3 rings (SSSR count). The van der Waals surface area contributed by atoms with Crippen molar-refractivity contribution in [1.82, 2.24) is 9.80 Å². The summed E-state index contributed by atoms with van der Waals surface area (Å²) in [7, 11) is 2.19. The number of nitrogen functional groups attached to an aromatic ring is 1. The Morgan fingerprint density at radius 1 is 1.17 bits per heavy atom. The van der Waals surface area contributed by atoms with Crippen molar-refractivity contribution < 1.29 is 0 Å². The van der Waals surface area contributed by atoms with Gasteiger partial charge in [0.05, 0.1) is 0 Å². The Morgan fingerprint density at radius 3 is 2.72 bits per heavy atom. The van der Waals surface area contributed by atoms with Crippen molar-refractivity contribution in [3.63, 3.8) is 0 Å². The largest absolute Gasteiger partial charge is 0.399 e. The van der Waals surface area contributed by atoms with Gasteiger partial charge in [0.2, 0.25) is 0 Å². The van der Waals surface area contributed by atoms with E-state index >= 15 is 0 Å². The standard InChI is InChI=1S/C15H23N3/c1-17-7-4-15-12(10-17)8-14(16)9-13(15)11-18-5-2-3-6-18/h8-9H,2-7,10-11,16H2,1H3. The molecule has 1 fully saturated rings. The van der Waals surface area contributed by atoms with Crippen LogP contribution < -0.4 is 5.73 Å². The minimum absolute atomic E-state index is 0.929. The lowest BCUT2D eigenvalue weighted by Crippen LogP contribution is -2.29. The lowest BCUT2D eigenvalue weighted by molar-refractivity contribution is 0.304. The molecule has 0 radical (unpaired) electrons. The molecule has 2 aliphatic heterocycles. The Kier molecular flexibility index (Phi) is 3.27. The maximum atomic E-state index is 6.07. The summed E-state index contributed by atoms with van der Waals surface area (Å²) in [6, 6.07) is 4.36. The van der Waals surface area contributed by atoms with Gasteiger partial charge in [0.1, 0.15) is 0 Å². The van der Waals surface area contributed by atoms with Crippen LogP contribution in [0.25, 0.3) is 0 Å². The molecule has 0 atom stereocenters. The van der Waals surface area contributed by atoms with E-state index in [1.165, 1.54) is 50.0 Å². The van der Waals surface area contributed by atoms with Gasteiger partial charge in [-0.1, -0.05) is 0 Å². The number of benzene rings is 1. The van der Waals surface area contributed by atoms with Gasteiger partial charge in [-0.2, -0.15) is 0 Å². The summed E-state index contributed by atoms with van der Waals surface area (Å²) in [5.74, 6) is 0. The minimum Gasteiger partial charge on any atom is -0.399 e. The van der Waals surface area contributed by atoms with Crippen LogP contribution in [-0.2, 0) is 19.5 Å². The first-order valence-electron chi connectivity index (χ1n) is 7.03. The molecule has 3 nitrogen and oxygen atoms in total. The van der Waals surface area contributed by atoms with Crippen molar-refractivity contribution in [3.8, 4) is 0 Å². The van der Waals surface area contributed by atoms with Crippen molar-refractivity contribution in [2.24, 2.45) is 0 Å². The number of hydrogen-bond donors (Lipinski definition) is 1. The summed E-state index contributed by atoms with van der Waals surface area (Å²) >= 11 is 0. The number of nitrogens with two attached hydrogens (primary N) is 1. The molecule has 0 bridgehead atoms. The van der Waals surface area contributed by atoms with E-state index in [4.69, 9.17) is 5.73 Å². The number of hydrogen-bond acceptors (Lipinski definition) is 3. The maximum absolute atomic E-state index is 6.07. The zero-order chi connectivity index (χ0) is 12.5. The summed E-state index contributed by atoms with van der Waals surface area (Å²) in [6.45, 7) is 5.82.